The third-order valence-electron chi connectivity index (χ3n) is 4.09. The predicted molar refractivity (Wildman–Crippen MR) is 60.5 cm³/mol. The molecule has 82 valence electrons. The van der Waals surface area contributed by atoms with Crippen molar-refractivity contribution in [2.75, 3.05) is 19.6 Å². The molecule has 0 aromatic heterocycles. The molecule has 0 amide bonds. The summed E-state index contributed by atoms with van der Waals surface area (Å²) in [7, 11) is 0. The molecule has 0 spiro atoms. The van der Waals surface area contributed by atoms with Crippen molar-refractivity contribution in [3.05, 3.63) is 0 Å². The smallest absolute Gasteiger partial charge is 0.0284 e. The normalized spacial score (nSPS) is 34.9. The molecule has 0 saturated carbocycles. The summed E-state index contributed by atoms with van der Waals surface area (Å²) in [4.78, 5) is 2.71. The van der Waals surface area contributed by atoms with E-state index in [-0.39, 0.29) is 0 Å². The quantitative estimate of drug-likeness (QED) is 0.688. The molecule has 0 radical (unpaired) electrons. The van der Waals surface area contributed by atoms with Crippen LogP contribution in [0.2, 0.25) is 0 Å². The van der Waals surface area contributed by atoms with Crippen molar-refractivity contribution in [3.63, 3.8) is 0 Å². The Labute approximate surface area is 88.1 Å². The zero-order chi connectivity index (χ0) is 10.2. The molecule has 2 heteroatoms. The van der Waals surface area contributed by atoms with Gasteiger partial charge in [-0.3, -0.25) is 4.90 Å². The highest BCUT2D eigenvalue weighted by atomic mass is 15.2. The predicted octanol–water partition coefficient (Wildman–Crippen LogP) is 1.86. The van der Waals surface area contributed by atoms with Gasteiger partial charge in [0.2, 0.25) is 0 Å². The van der Waals surface area contributed by atoms with Crippen molar-refractivity contribution in [3.8, 4) is 0 Å². The Morgan fingerprint density at radius 1 is 1.14 bits per heavy atom. The van der Waals surface area contributed by atoms with Crippen LogP contribution in [0.4, 0.5) is 0 Å². The average molecular weight is 196 g/mol. The molecule has 14 heavy (non-hydrogen) atoms. The van der Waals surface area contributed by atoms with Gasteiger partial charge < -0.3 is 5.32 Å². The Morgan fingerprint density at radius 3 is 2.29 bits per heavy atom. The summed E-state index contributed by atoms with van der Waals surface area (Å²) in [5.74, 6) is 0.948. The maximum absolute atomic E-state index is 3.61. The fourth-order valence-corrected chi connectivity index (χ4v) is 2.99. The lowest BCUT2D eigenvalue weighted by atomic mass is 9.91. The van der Waals surface area contributed by atoms with Gasteiger partial charge >= 0.3 is 0 Å². The summed E-state index contributed by atoms with van der Waals surface area (Å²) in [5, 5.41) is 3.61. The Hall–Kier alpha value is -0.0800. The van der Waals surface area contributed by atoms with Gasteiger partial charge in [0.05, 0.1) is 0 Å². The molecule has 2 saturated heterocycles. The second kappa shape index (κ2) is 3.82. The number of hydrogen-bond donors (Lipinski definition) is 1. The van der Waals surface area contributed by atoms with E-state index < -0.39 is 0 Å². The van der Waals surface area contributed by atoms with Gasteiger partial charge in [-0.25, -0.2) is 0 Å². The SMILES string of the molecule is CC1CCN(C2CCNC2(C)C)CC1. The van der Waals surface area contributed by atoms with Gasteiger partial charge in [-0.1, -0.05) is 6.92 Å². The van der Waals surface area contributed by atoms with E-state index in [9.17, 15) is 0 Å². The molecule has 2 heterocycles. The van der Waals surface area contributed by atoms with Crippen LogP contribution >= 0.6 is 0 Å². The number of rotatable bonds is 1. The van der Waals surface area contributed by atoms with Gasteiger partial charge in [0.15, 0.2) is 0 Å². The minimum atomic E-state index is 0.334. The van der Waals surface area contributed by atoms with Crippen LogP contribution in [-0.2, 0) is 0 Å². The topological polar surface area (TPSA) is 15.3 Å². The van der Waals surface area contributed by atoms with Gasteiger partial charge in [-0.05, 0) is 58.7 Å². The fourth-order valence-electron chi connectivity index (χ4n) is 2.99. The van der Waals surface area contributed by atoms with E-state index in [0.717, 1.165) is 12.0 Å². The minimum absolute atomic E-state index is 0.334. The van der Waals surface area contributed by atoms with E-state index in [2.05, 4.69) is 31.0 Å². The van der Waals surface area contributed by atoms with Crippen molar-refractivity contribution >= 4 is 0 Å². The van der Waals surface area contributed by atoms with Crippen LogP contribution in [0.15, 0.2) is 0 Å². The largest absolute Gasteiger partial charge is 0.310 e. The number of likely N-dealkylation sites (tertiary alicyclic amines) is 1. The zero-order valence-corrected chi connectivity index (χ0v) is 9.84. The lowest BCUT2D eigenvalue weighted by Crippen LogP contribution is -2.52. The molecule has 1 unspecified atom stereocenters. The van der Waals surface area contributed by atoms with E-state index in [0.29, 0.717) is 5.54 Å². The molecule has 1 N–H and O–H groups in total. The molecule has 0 bridgehead atoms. The molecule has 1 atom stereocenters. The van der Waals surface area contributed by atoms with Crippen molar-refractivity contribution in [2.45, 2.75) is 51.6 Å². The van der Waals surface area contributed by atoms with Gasteiger partial charge in [0.1, 0.15) is 0 Å². The van der Waals surface area contributed by atoms with Crippen LogP contribution in [0, 0.1) is 5.92 Å². The molecule has 2 fully saturated rings. The lowest BCUT2D eigenvalue weighted by Gasteiger charge is -2.40. The second-order valence-corrected chi connectivity index (χ2v) is 5.67. The van der Waals surface area contributed by atoms with Crippen LogP contribution in [0.1, 0.15) is 40.0 Å². The lowest BCUT2D eigenvalue weighted by molar-refractivity contribution is 0.104. The average Bonchev–Trinajstić information content (AvgIpc) is 2.47. The summed E-state index contributed by atoms with van der Waals surface area (Å²) in [6, 6.07) is 0.773. The molecule has 2 nitrogen and oxygen atoms in total. The van der Waals surface area contributed by atoms with Crippen molar-refractivity contribution in [2.24, 2.45) is 5.92 Å². The molecular weight excluding hydrogens is 172 g/mol. The summed E-state index contributed by atoms with van der Waals surface area (Å²) in [5.41, 5.74) is 0.334. The second-order valence-electron chi connectivity index (χ2n) is 5.67. The first-order valence-electron chi connectivity index (χ1n) is 6.08. The van der Waals surface area contributed by atoms with Crippen LogP contribution in [0.5, 0.6) is 0 Å². The van der Waals surface area contributed by atoms with Gasteiger partial charge in [0.25, 0.3) is 0 Å². The Morgan fingerprint density at radius 2 is 1.79 bits per heavy atom. The Bertz CT molecular complexity index is 192. The molecule has 0 aliphatic carbocycles. The molecule has 0 aromatic carbocycles. The van der Waals surface area contributed by atoms with Gasteiger partial charge in [0, 0.05) is 11.6 Å². The van der Waals surface area contributed by atoms with Gasteiger partial charge in [-0.2, -0.15) is 0 Å². The monoisotopic (exact) mass is 196 g/mol. The summed E-state index contributed by atoms with van der Waals surface area (Å²) in [6.45, 7) is 10.9. The molecule has 2 aliphatic rings. The first kappa shape index (κ1) is 10.4. The van der Waals surface area contributed by atoms with Crippen LogP contribution in [-0.4, -0.2) is 36.1 Å². The number of piperidine rings is 1. The number of nitrogens with one attached hydrogen (secondary N) is 1. The zero-order valence-electron chi connectivity index (χ0n) is 9.84. The standard InChI is InChI=1S/C12H24N2/c1-10-5-8-14(9-6-10)11-4-7-13-12(11,2)3/h10-11,13H,4-9H2,1-3H3. The van der Waals surface area contributed by atoms with E-state index in [4.69, 9.17) is 0 Å². The summed E-state index contributed by atoms with van der Waals surface area (Å²) >= 11 is 0. The van der Waals surface area contributed by atoms with Gasteiger partial charge in [-0.15, -0.1) is 0 Å². The highest BCUT2D eigenvalue weighted by Gasteiger charge is 2.38. The van der Waals surface area contributed by atoms with E-state index in [1.807, 2.05) is 0 Å². The third kappa shape index (κ3) is 1.96. The Balaban J connectivity index is 1.95. The van der Waals surface area contributed by atoms with E-state index in [1.165, 1.54) is 38.9 Å². The van der Waals surface area contributed by atoms with Crippen molar-refractivity contribution in [1.29, 1.82) is 0 Å². The third-order valence-corrected chi connectivity index (χ3v) is 4.09. The number of nitrogens with zero attached hydrogens (tertiary/aromatic N) is 1. The highest BCUT2D eigenvalue weighted by Crippen LogP contribution is 2.28. The number of hydrogen-bond acceptors (Lipinski definition) is 2. The highest BCUT2D eigenvalue weighted by molar-refractivity contribution is 4.99. The first-order chi connectivity index (χ1) is 6.59. The van der Waals surface area contributed by atoms with E-state index in [1.54, 1.807) is 0 Å². The van der Waals surface area contributed by atoms with Crippen molar-refractivity contribution < 1.29 is 0 Å². The first-order valence-corrected chi connectivity index (χ1v) is 6.08. The molecule has 2 rings (SSSR count). The summed E-state index contributed by atoms with van der Waals surface area (Å²) < 4.78 is 0. The minimum Gasteiger partial charge on any atom is -0.310 e. The van der Waals surface area contributed by atoms with E-state index >= 15 is 0 Å². The van der Waals surface area contributed by atoms with Crippen LogP contribution in [0.25, 0.3) is 0 Å². The molecular formula is C12H24N2. The van der Waals surface area contributed by atoms with Crippen LogP contribution < -0.4 is 5.32 Å². The van der Waals surface area contributed by atoms with Crippen molar-refractivity contribution in [1.82, 2.24) is 10.2 Å². The van der Waals surface area contributed by atoms with Crippen LogP contribution in [0.3, 0.4) is 0 Å². The fraction of sp³-hybridized carbons (Fsp3) is 1.00. The maximum atomic E-state index is 3.61. The molecule has 2 aliphatic heterocycles. The Kier molecular flexibility index (Phi) is 2.85. The summed E-state index contributed by atoms with van der Waals surface area (Å²) in [6.07, 6.45) is 4.13. The molecule has 0 aromatic rings. The maximum Gasteiger partial charge on any atom is 0.0284 e.